The number of aliphatic hydroxyl groups excluding tert-OH is 3. The Bertz CT molecular complexity index is 995. The van der Waals surface area contributed by atoms with Gasteiger partial charge in [-0.15, -0.1) is 0 Å². The Labute approximate surface area is 158 Å². The van der Waals surface area contributed by atoms with E-state index >= 15 is 0 Å². The lowest BCUT2D eigenvalue weighted by Crippen LogP contribution is -2.33. The maximum absolute atomic E-state index is 10.4. The fraction of sp³-hybridized carbons (Fsp3) is 0.312. The van der Waals surface area contributed by atoms with Crippen LogP contribution in [0.5, 0.6) is 0 Å². The van der Waals surface area contributed by atoms with Crippen molar-refractivity contribution in [1.82, 2.24) is 24.5 Å². The first-order valence-electron chi connectivity index (χ1n) is 8.40. The predicted octanol–water partition coefficient (Wildman–Crippen LogP) is -1.14. The summed E-state index contributed by atoms with van der Waals surface area (Å²) in [5.74, 6) is 0.298. The van der Waals surface area contributed by atoms with E-state index in [0.29, 0.717) is 0 Å². The number of hydrogen-bond donors (Lipinski definition) is 5. The second-order valence-electron chi connectivity index (χ2n) is 6.12. The molecule has 0 saturated carbocycles. The molecule has 4 atom stereocenters. The van der Waals surface area contributed by atoms with E-state index in [9.17, 15) is 15.3 Å². The topological polar surface area (TPSA) is 177 Å². The molecule has 0 spiro atoms. The number of rotatable bonds is 5. The van der Waals surface area contributed by atoms with Gasteiger partial charge in [0.15, 0.2) is 23.2 Å². The predicted molar refractivity (Wildman–Crippen MR) is 98.2 cm³/mol. The fourth-order valence-corrected chi connectivity index (χ4v) is 2.96. The molecular weight excluding hydrogens is 368 g/mol. The van der Waals surface area contributed by atoms with Crippen LogP contribution < -0.4 is 11.2 Å². The molecular formula is C16H18N8O4. The lowest BCUT2D eigenvalue weighted by atomic mass is 10.1. The van der Waals surface area contributed by atoms with Crippen molar-refractivity contribution in [2.24, 2.45) is 5.10 Å². The Morgan fingerprint density at radius 1 is 1.32 bits per heavy atom. The number of anilines is 2. The molecule has 6 N–H and O–H groups in total. The number of hydrazone groups is 1. The summed E-state index contributed by atoms with van der Waals surface area (Å²) in [6.45, 7) is -0.458. The first kappa shape index (κ1) is 18.2. The van der Waals surface area contributed by atoms with Crippen LogP contribution >= 0.6 is 0 Å². The quantitative estimate of drug-likeness (QED) is 0.266. The number of nitrogens with one attached hydrogen (secondary N) is 1. The standard InChI is InChI=1S/C16H18N8O4/c17-13-10-14(20-7-19-13)24(15-12(27)11(26)9(6-25)28-15)16(22-10)23-21-5-8-2-1-3-18-4-8/h1-5,7,9,11-12,15,25-27H,6H2,(H,22,23)(H2,17,19,20)/b21-5-/t9-,11+,12+,15-/m0/s1. The van der Waals surface area contributed by atoms with Crippen molar-refractivity contribution in [1.29, 1.82) is 0 Å². The third kappa shape index (κ3) is 3.14. The molecule has 0 bridgehead atoms. The number of imidazole rings is 1. The molecule has 1 fully saturated rings. The molecule has 1 aliphatic rings. The van der Waals surface area contributed by atoms with Crippen molar-refractivity contribution >= 4 is 29.1 Å². The van der Waals surface area contributed by atoms with E-state index in [4.69, 9.17) is 10.5 Å². The van der Waals surface area contributed by atoms with Gasteiger partial charge in [-0.05, 0) is 6.07 Å². The molecule has 12 nitrogen and oxygen atoms in total. The highest BCUT2D eigenvalue weighted by Gasteiger charge is 2.45. The third-order valence-corrected chi connectivity index (χ3v) is 4.34. The zero-order valence-electron chi connectivity index (χ0n) is 14.5. The minimum atomic E-state index is -1.33. The summed E-state index contributed by atoms with van der Waals surface area (Å²) in [5.41, 5.74) is 9.95. The summed E-state index contributed by atoms with van der Waals surface area (Å²) >= 11 is 0. The SMILES string of the molecule is Nc1ncnc2c1nc(N/N=C\c1cccnc1)n2[C@H]1O[C@@H](CO)[C@@H](O)[C@H]1O. The molecule has 1 saturated heterocycles. The average molecular weight is 386 g/mol. The van der Waals surface area contributed by atoms with Gasteiger partial charge < -0.3 is 25.8 Å². The summed E-state index contributed by atoms with van der Waals surface area (Å²) in [5, 5.41) is 34.0. The lowest BCUT2D eigenvalue weighted by molar-refractivity contribution is -0.0501. The molecule has 0 unspecified atom stereocenters. The van der Waals surface area contributed by atoms with Crippen LogP contribution in [-0.2, 0) is 4.74 Å². The molecule has 0 aliphatic carbocycles. The summed E-state index contributed by atoms with van der Waals surface area (Å²) < 4.78 is 7.02. The van der Waals surface area contributed by atoms with Crippen LogP contribution in [0.2, 0.25) is 0 Å². The zero-order chi connectivity index (χ0) is 19.7. The van der Waals surface area contributed by atoms with Crippen LogP contribution in [0.4, 0.5) is 11.8 Å². The molecule has 0 radical (unpaired) electrons. The van der Waals surface area contributed by atoms with E-state index in [2.05, 4.69) is 30.5 Å². The Hall–Kier alpha value is -3.19. The maximum atomic E-state index is 10.4. The molecule has 0 aromatic carbocycles. The lowest BCUT2D eigenvalue weighted by Gasteiger charge is -2.18. The molecule has 12 heteroatoms. The van der Waals surface area contributed by atoms with Gasteiger partial charge in [0.1, 0.15) is 24.6 Å². The minimum absolute atomic E-state index is 0.134. The maximum Gasteiger partial charge on any atom is 0.228 e. The Morgan fingerprint density at radius 2 is 2.18 bits per heavy atom. The summed E-state index contributed by atoms with van der Waals surface area (Å²) in [6, 6.07) is 3.59. The number of aliphatic hydroxyl groups is 3. The molecule has 28 heavy (non-hydrogen) atoms. The highest BCUT2D eigenvalue weighted by molar-refractivity contribution is 5.84. The fourth-order valence-electron chi connectivity index (χ4n) is 2.96. The molecule has 4 rings (SSSR count). The number of hydrogen-bond acceptors (Lipinski definition) is 11. The highest BCUT2D eigenvalue weighted by atomic mass is 16.6. The number of ether oxygens (including phenoxy) is 1. The normalized spacial score (nSPS) is 25.0. The van der Waals surface area contributed by atoms with Crippen molar-refractivity contribution in [2.75, 3.05) is 17.8 Å². The van der Waals surface area contributed by atoms with Crippen LogP contribution in [0.1, 0.15) is 11.8 Å². The Balaban J connectivity index is 1.73. The van der Waals surface area contributed by atoms with Crippen LogP contribution in [0.3, 0.4) is 0 Å². The Morgan fingerprint density at radius 3 is 2.89 bits per heavy atom. The summed E-state index contributed by atoms with van der Waals surface area (Å²) in [7, 11) is 0. The van der Waals surface area contributed by atoms with Gasteiger partial charge in [-0.25, -0.2) is 20.4 Å². The zero-order valence-corrected chi connectivity index (χ0v) is 14.5. The van der Waals surface area contributed by atoms with Crippen LogP contribution in [0, 0.1) is 0 Å². The van der Waals surface area contributed by atoms with Crippen molar-refractivity contribution in [2.45, 2.75) is 24.5 Å². The first-order valence-corrected chi connectivity index (χ1v) is 8.40. The van der Waals surface area contributed by atoms with Crippen molar-refractivity contribution in [3.8, 4) is 0 Å². The van der Waals surface area contributed by atoms with Gasteiger partial charge in [0.25, 0.3) is 0 Å². The van der Waals surface area contributed by atoms with Crippen LogP contribution in [0.15, 0.2) is 36.0 Å². The number of aromatic nitrogens is 5. The van der Waals surface area contributed by atoms with Crippen molar-refractivity contribution in [3.63, 3.8) is 0 Å². The number of pyridine rings is 1. The summed E-state index contributed by atoms with van der Waals surface area (Å²) in [4.78, 5) is 16.4. The molecule has 4 heterocycles. The van der Waals surface area contributed by atoms with E-state index in [1.165, 1.54) is 17.1 Å². The van der Waals surface area contributed by atoms with Crippen LogP contribution in [0.25, 0.3) is 11.2 Å². The number of nitrogens with two attached hydrogens (primary N) is 1. The van der Waals surface area contributed by atoms with Crippen LogP contribution in [-0.4, -0.2) is 71.0 Å². The second kappa shape index (κ2) is 7.44. The number of nitrogens with zero attached hydrogens (tertiary/aromatic N) is 6. The second-order valence-corrected chi connectivity index (χ2v) is 6.12. The molecule has 146 valence electrons. The number of fused-ring (bicyclic) bond motifs is 1. The molecule has 3 aromatic heterocycles. The molecule has 0 amide bonds. The van der Waals surface area contributed by atoms with E-state index in [-0.39, 0.29) is 22.9 Å². The van der Waals surface area contributed by atoms with Gasteiger partial charge >= 0.3 is 0 Å². The average Bonchev–Trinajstić information content (AvgIpc) is 3.21. The van der Waals surface area contributed by atoms with Gasteiger partial charge in [-0.3, -0.25) is 9.55 Å². The first-order chi connectivity index (χ1) is 13.6. The van der Waals surface area contributed by atoms with Gasteiger partial charge in [0.2, 0.25) is 5.95 Å². The van der Waals surface area contributed by atoms with E-state index < -0.39 is 31.1 Å². The minimum Gasteiger partial charge on any atom is -0.394 e. The third-order valence-electron chi connectivity index (χ3n) is 4.34. The largest absolute Gasteiger partial charge is 0.394 e. The van der Waals surface area contributed by atoms with Gasteiger partial charge in [0.05, 0.1) is 12.8 Å². The highest BCUT2D eigenvalue weighted by Crippen LogP contribution is 2.35. The smallest absolute Gasteiger partial charge is 0.228 e. The monoisotopic (exact) mass is 386 g/mol. The van der Waals surface area contributed by atoms with Crippen molar-refractivity contribution in [3.05, 3.63) is 36.4 Å². The van der Waals surface area contributed by atoms with E-state index in [0.717, 1.165) is 5.56 Å². The summed E-state index contributed by atoms with van der Waals surface area (Å²) in [6.07, 6.45) is 1.43. The number of nitrogen functional groups attached to an aromatic ring is 1. The van der Waals surface area contributed by atoms with Crippen molar-refractivity contribution < 1.29 is 20.1 Å². The van der Waals surface area contributed by atoms with E-state index in [1.54, 1.807) is 18.5 Å². The van der Waals surface area contributed by atoms with Gasteiger partial charge in [-0.2, -0.15) is 5.10 Å². The van der Waals surface area contributed by atoms with E-state index in [1.807, 2.05) is 6.07 Å². The van der Waals surface area contributed by atoms with Gasteiger partial charge in [-0.1, -0.05) is 6.07 Å². The molecule has 3 aromatic rings. The Kier molecular flexibility index (Phi) is 4.83. The molecule has 1 aliphatic heterocycles. The van der Waals surface area contributed by atoms with Gasteiger partial charge in [0, 0.05) is 18.0 Å².